The summed E-state index contributed by atoms with van der Waals surface area (Å²) in [6, 6.07) is 2.39. The van der Waals surface area contributed by atoms with E-state index in [1.165, 1.54) is 0 Å². The summed E-state index contributed by atoms with van der Waals surface area (Å²) in [4.78, 5) is 53.3. The Bertz CT molecular complexity index is 1130. The molecule has 5 rings (SSSR count). The van der Waals surface area contributed by atoms with Crippen molar-refractivity contribution in [3.63, 3.8) is 0 Å². The van der Waals surface area contributed by atoms with E-state index in [4.69, 9.17) is 5.73 Å². The minimum atomic E-state index is -2.58. The number of fused-ring (bicyclic) bond motifs is 1. The molecule has 1 aromatic rings. The number of nitrogens with zero attached hydrogens (tertiary/aromatic N) is 2. The van der Waals surface area contributed by atoms with Crippen LogP contribution < -0.4 is 21.3 Å². The number of benzene rings is 1. The van der Waals surface area contributed by atoms with Gasteiger partial charge in [0.2, 0.25) is 17.7 Å². The Morgan fingerprint density at radius 2 is 1.73 bits per heavy atom. The minimum Gasteiger partial charge on any atom is -0.396 e. The number of hydrogen-bond acceptors (Lipinski definition) is 7. The standard InChI is InChI=1S/C26H33F2N5O4/c1-32(17-5-3-2-4-16(17)30-14-10-12-26(27,28)13-11-14)18-7-6-15-21(22(18)29)25(37)33(24(15)36)19-8-9-20(34)31-23(19)35/h6-7,14,16-17,19,30H,2-5,8-13,29H2,1H3,(H,31,34,35)/t16-,17-,19?/m0/s1. The van der Waals surface area contributed by atoms with Gasteiger partial charge >= 0.3 is 0 Å². The number of imide groups is 2. The molecule has 0 aromatic heterocycles. The van der Waals surface area contributed by atoms with E-state index in [1.807, 2.05) is 11.9 Å². The first kappa shape index (κ1) is 25.6. The zero-order valence-corrected chi connectivity index (χ0v) is 20.9. The number of rotatable bonds is 5. The van der Waals surface area contributed by atoms with Gasteiger partial charge in [-0.3, -0.25) is 29.4 Å². The lowest BCUT2D eigenvalue weighted by molar-refractivity contribution is -0.136. The molecule has 3 fully saturated rings. The van der Waals surface area contributed by atoms with Crippen LogP contribution in [0.5, 0.6) is 0 Å². The molecule has 4 aliphatic rings. The number of amides is 4. The number of likely N-dealkylation sites (N-methyl/N-ethyl adjacent to an activating group) is 1. The number of carbonyl (C=O) groups is 4. The number of nitrogens with one attached hydrogen (secondary N) is 2. The summed E-state index contributed by atoms with van der Waals surface area (Å²) < 4.78 is 27.3. The second kappa shape index (κ2) is 9.66. The van der Waals surface area contributed by atoms with Crippen molar-refractivity contribution in [3.8, 4) is 0 Å². The Hall–Kier alpha value is -3.08. The first-order chi connectivity index (χ1) is 17.6. The second-order valence-electron chi connectivity index (χ2n) is 10.7. The minimum absolute atomic E-state index is 0.0370. The fraction of sp³-hybridized carbons (Fsp3) is 0.615. The maximum Gasteiger partial charge on any atom is 0.264 e. The zero-order chi connectivity index (χ0) is 26.5. The van der Waals surface area contributed by atoms with E-state index < -0.39 is 35.6 Å². The van der Waals surface area contributed by atoms with Gasteiger partial charge in [-0.25, -0.2) is 8.78 Å². The van der Waals surface area contributed by atoms with Gasteiger partial charge in [-0.05, 0) is 44.2 Å². The van der Waals surface area contributed by atoms with Crippen LogP contribution in [0.2, 0.25) is 0 Å². The highest BCUT2D eigenvalue weighted by Crippen LogP contribution is 2.39. The molecule has 1 unspecified atom stereocenters. The van der Waals surface area contributed by atoms with E-state index in [0.29, 0.717) is 18.5 Å². The lowest BCUT2D eigenvalue weighted by atomic mass is 9.86. The van der Waals surface area contributed by atoms with Crippen molar-refractivity contribution in [2.45, 2.75) is 94.3 Å². The van der Waals surface area contributed by atoms with Crippen molar-refractivity contribution in [2.75, 3.05) is 17.7 Å². The van der Waals surface area contributed by atoms with E-state index in [1.54, 1.807) is 12.1 Å². The summed E-state index contributed by atoms with van der Waals surface area (Å²) >= 11 is 0. The van der Waals surface area contributed by atoms with Gasteiger partial charge < -0.3 is 16.0 Å². The third-order valence-electron chi connectivity index (χ3n) is 8.40. The van der Waals surface area contributed by atoms with Gasteiger partial charge in [-0.2, -0.15) is 0 Å². The Labute approximate surface area is 214 Å². The molecule has 2 aliphatic heterocycles. The molecule has 0 bridgehead atoms. The molecule has 4 N–H and O–H groups in total. The van der Waals surface area contributed by atoms with Crippen LogP contribution in [0.4, 0.5) is 20.2 Å². The SMILES string of the molecule is CN(c1ccc2c(c1N)C(=O)N(C1CCC(=O)NC1=O)C2=O)[C@H]1CCCC[C@@H]1NC1CCC(F)(F)CC1. The summed E-state index contributed by atoms with van der Waals surface area (Å²) in [7, 11) is 1.90. The van der Waals surface area contributed by atoms with Crippen LogP contribution in [-0.2, 0) is 9.59 Å². The van der Waals surface area contributed by atoms with Crippen molar-refractivity contribution in [2.24, 2.45) is 0 Å². The summed E-state index contributed by atoms with van der Waals surface area (Å²) in [5.74, 6) is -4.91. The highest BCUT2D eigenvalue weighted by atomic mass is 19.3. The number of nitrogen functional groups attached to an aromatic ring is 1. The quantitative estimate of drug-likeness (QED) is 0.405. The van der Waals surface area contributed by atoms with Crippen molar-refractivity contribution in [1.82, 2.24) is 15.5 Å². The Balaban J connectivity index is 1.36. The smallest absolute Gasteiger partial charge is 0.264 e. The molecule has 1 aromatic carbocycles. The van der Waals surface area contributed by atoms with E-state index in [2.05, 4.69) is 10.6 Å². The topological polar surface area (TPSA) is 125 Å². The molecule has 2 saturated carbocycles. The van der Waals surface area contributed by atoms with Gasteiger partial charge in [-0.15, -0.1) is 0 Å². The number of carbonyl (C=O) groups excluding carboxylic acids is 4. The highest BCUT2D eigenvalue weighted by molar-refractivity contribution is 6.26. The predicted molar refractivity (Wildman–Crippen MR) is 132 cm³/mol. The molecule has 11 heteroatoms. The van der Waals surface area contributed by atoms with Gasteiger partial charge in [0.15, 0.2) is 0 Å². The number of nitrogens with two attached hydrogens (primary N) is 1. The van der Waals surface area contributed by atoms with Crippen molar-refractivity contribution >= 4 is 35.0 Å². The van der Waals surface area contributed by atoms with Crippen molar-refractivity contribution < 1.29 is 28.0 Å². The Morgan fingerprint density at radius 1 is 1.03 bits per heavy atom. The van der Waals surface area contributed by atoms with Gasteiger partial charge in [-0.1, -0.05) is 12.8 Å². The molecule has 37 heavy (non-hydrogen) atoms. The van der Waals surface area contributed by atoms with Crippen LogP contribution in [0, 0.1) is 0 Å². The van der Waals surface area contributed by atoms with E-state index >= 15 is 0 Å². The third kappa shape index (κ3) is 4.69. The van der Waals surface area contributed by atoms with Gasteiger partial charge in [0.25, 0.3) is 11.8 Å². The van der Waals surface area contributed by atoms with E-state index in [0.717, 1.165) is 30.6 Å². The molecule has 3 atom stereocenters. The first-order valence-electron chi connectivity index (χ1n) is 13.1. The first-order valence-corrected chi connectivity index (χ1v) is 13.1. The zero-order valence-electron chi connectivity index (χ0n) is 20.9. The fourth-order valence-corrected chi connectivity index (χ4v) is 6.34. The van der Waals surface area contributed by atoms with Crippen LogP contribution in [0.1, 0.15) is 84.9 Å². The predicted octanol–water partition coefficient (Wildman–Crippen LogP) is 2.58. The molecular formula is C26H33F2N5O4. The summed E-state index contributed by atoms with van der Waals surface area (Å²) in [5.41, 5.74) is 7.51. The molecule has 2 aliphatic carbocycles. The molecule has 1 saturated heterocycles. The number of alkyl halides is 2. The number of anilines is 2. The molecule has 200 valence electrons. The number of piperidine rings is 1. The lowest BCUT2D eigenvalue weighted by Gasteiger charge is -2.42. The van der Waals surface area contributed by atoms with Crippen LogP contribution in [-0.4, -0.2) is 65.7 Å². The highest BCUT2D eigenvalue weighted by Gasteiger charge is 2.46. The maximum atomic E-state index is 13.6. The third-order valence-corrected chi connectivity index (χ3v) is 8.40. The molecule has 0 spiro atoms. The molecule has 0 radical (unpaired) electrons. The number of halogens is 2. The summed E-state index contributed by atoms with van der Waals surface area (Å²) in [6.07, 6.45) is 4.63. The molecule has 4 amide bonds. The van der Waals surface area contributed by atoms with Crippen molar-refractivity contribution in [3.05, 3.63) is 23.3 Å². The normalized spacial score (nSPS) is 28.3. The molecule has 2 heterocycles. The Morgan fingerprint density at radius 3 is 2.43 bits per heavy atom. The second-order valence-corrected chi connectivity index (χ2v) is 10.7. The monoisotopic (exact) mass is 517 g/mol. The van der Waals surface area contributed by atoms with Crippen molar-refractivity contribution in [1.29, 1.82) is 0 Å². The number of hydrogen-bond donors (Lipinski definition) is 3. The summed E-state index contributed by atoms with van der Waals surface area (Å²) in [5, 5.41) is 5.82. The summed E-state index contributed by atoms with van der Waals surface area (Å²) in [6.45, 7) is 0. The average Bonchev–Trinajstić information content (AvgIpc) is 3.11. The van der Waals surface area contributed by atoms with Crippen LogP contribution in [0.3, 0.4) is 0 Å². The van der Waals surface area contributed by atoms with Gasteiger partial charge in [0, 0.05) is 44.4 Å². The maximum absolute atomic E-state index is 13.6. The molecular weight excluding hydrogens is 484 g/mol. The fourth-order valence-electron chi connectivity index (χ4n) is 6.34. The Kier molecular flexibility index (Phi) is 6.68. The average molecular weight is 518 g/mol. The molecule has 9 nitrogen and oxygen atoms in total. The lowest BCUT2D eigenvalue weighted by Crippen LogP contribution is -2.54. The van der Waals surface area contributed by atoms with Gasteiger partial charge in [0.1, 0.15) is 6.04 Å². The van der Waals surface area contributed by atoms with Crippen LogP contribution in [0.25, 0.3) is 0 Å². The van der Waals surface area contributed by atoms with E-state index in [-0.39, 0.29) is 60.6 Å². The van der Waals surface area contributed by atoms with Gasteiger partial charge in [0.05, 0.1) is 22.5 Å². The largest absolute Gasteiger partial charge is 0.396 e. The van der Waals surface area contributed by atoms with E-state index in [9.17, 15) is 28.0 Å². The van der Waals surface area contributed by atoms with Crippen LogP contribution >= 0.6 is 0 Å². The van der Waals surface area contributed by atoms with Crippen LogP contribution in [0.15, 0.2) is 12.1 Å².